The topological polar surface area (TPSA) is 30.9 Å². The van der Waals surface area contributed by atoms with Gasteiger partial charge in [-0.05, 0) is 24.4 Å². The van der Waals surface area contributed by atoms with Crippen LogP contribution >= 0.6 is 35.3 Å². The highest BCUT2D eigenvalue weighted by Crippen LogP contribution is 2.22. The molecule has 0 radical (unpaired) electrons. The Morgan fingerprint density at radius 3 is 2.76 bits per heavy atom. The molecule has 1 aromatic heterocycles. The standard InChI is InChI=1S/C15H22N4S.HI/c1-3-5-8-17-15(16-4-2)19-11-9-18(10-12-19)14-7-6-13-20-14;/h1,6-7,13H,4-5,8-12H2,2H3,(H,16,17);1H. The summed E-state index contributed by atoms with van der Waals surface area (Å²) in [5.41, 5.74) is 0. The molecule has 116 valence electrons. The molecule has 21 heavy (non-hydrogen) atoms. The number of aliphatic imine (C=N–C) groups is 1. The summed E-state index contributed by atoms with van der Waals surface area (Å²) in [5, 5.41) is 6.84. The highest BCUT2D eigenvalue weighted by molar-refractivity contribution is 14.0. The zero-order valence-electron chi connectivity index (χ0n) is 12.4. The average Bonchev–Trinajstić information content (AvgIpc) is 3.01. The second-order valence-corrected chi connectivity index (χ2v) is 5.54. The molecule has 0 aromatic carbocycles. The van der Waals surface area contributed by atoms with Crippen molar-refractivity contribution in [1.29, 1.82) is 0 Å². The summed E-state index contributed by atoms with van der Waals surface area (Å²) in [6.07, 6.45) is 5.98. The number of halogens is 1. The van der Waals surface area contributed by atoms with Crippen molar-refractivity contribution < 1.29 is 0 Å². The smallest absolute Gasteiger partial charge is 0.194 e. The van der Waals surface area contributed by atoms with Gasteiger partial charge in [0.25, 0.3) is 0 Å². The Morgan fingerprint density at radius 1 is 1.43 bits per heavy atom. The van der Waals surface area contributed by atoms with Crippen LogP contribution in [-0.4, -0.2) is 50.1 Å². The quantitative estimate of drug-likeness (QED) is 0.268. The van der Waals surface area contributed by atoms with Crippen molar-refractivity contribution in [3.63, 3.8) is 0 Å². The molecule has 2 rings (SSSR count). The van der Waals surface area contributed by atoms with E-state index in [2.05, 4.69) is 50.5 Å². The molecule has 2 heterocycles. The molecule has 1 fully saturated rings. The van der Waals surface area contributed by atoms with Crippen LogP contribution in [0.5, 0.6) is 0 Å². The SMILES string of the molecule is C#CCCN=C(NCC)N1CCN(c2cccs2)CC1.I. The normalized spacial score (nSPS) is 15.3. The molecule has 1 aliphatic heterocycles. The van der Waals surface area contributed by atoms with Crippen molar-refractivity contribution in [2.45, 2.75) is 13.3 Å². The van der Waals surface area contributed by atoms with E-state index in [1.807, 2.05) is 0 Å². The Balaban J connectivity index is 0.00000220. The van der Waals surface area contributed by atoms with E-state index in [9.17, 15) is 0 Å². The van der Waals surface area contributed by atoms with Gasteiger partial charge in [-0.2, -0.15) is 0 Å². The fraction of sp³-hybridized carbons (Fsp3) is 0.533. The maximum absolute atomic E-state index is 5.28. The number of anilines is 1. The Kier molecular flexibility index (Phi) is 8.54. The summed E-state index contributed by atoms with van der Waals surface area (Å²) in [7, 11) is 0. The maximum Gasteiger partial charge on any atom is 0.194 e. The van der Waals surface area contributed by atoms with Gasteiger partial charge >= 0.3 is 0 Å². The summed E-state index contributed by atoms with van der Waals surface area (Å²) in [6, 6.07) is 4.30. The summed E-state index contributed by atoms with van der Waals surface area (Å²) < 4.78 is 0. The van der Waals surface area contributed by atoms with E-state index >= 15 is 0 Å². The largest absolute Gasteiger partial charge is 0.360 e. The first-order chi connectivity index (χ1) is 9.85. The first-order valence-electron chi connectivity index (χ1n) is 7.10. The molecule has 6 heteroatoms. The van der Waals surface area contributed by atoms with Crippen LogP contribution in [0.3, 0.4) is 0 Å². The predicted molar refractivity (Wildman–Crippen MR) is 103 cm³/mol. The highest BCUT2D eigenvalue weighted by atomic mass is 127. The molecule has 0 atom stereocenters. The molecule has 0 aliphatic carbocycles. The lowest BCUT2D eigenvalue weighted by atomic mass is 10.3. The van der Waals surface area contributed by atoms with Crippen molar-refractivity contribution in [3.8, 4) is 12.3 Å². The van der Waals surface area contributed by atoms with Gasteiger partial charge in [-0.25, -0.2) is 0 Å². The van der Waals surface area contributed by atoms with E-state index in [4.69, 9.17) is 6.42 Å². The fourth-order valence-corrected chi connectivity index (χ4v) is 3.03. The van der Waals surface area contributed by atoms with Crippen LogP contribution in [0.15, 0.2) is 22.5 Å². The third kappa shape index (κ3) is 5.40. The van der Waals surface area contributed by atoms with Crippen LogP contribution in [0, 0.1) is 12.3 Å². The van der Waals surface area contributed by atoms with E-state index in [-0.39, 0.29) is 24.0 Å². The van der Waals surface area contributed by atoms with Crippen LogP contribution in [0.25, 0.3) is 0 Å². The van der Waals surface area contributed by atoms with Crippen molar-refractivity contribution in [1.82, 2.24) is 10.2 Å². The molecule has 1 saturated heterocycles. The third-order valence-electron chi connectivity index (χ3n) is 3.25. The number of hydrogen-bond acceptors (Lipinski definition) is 3. The lowest BCUT2D eigenvalue weighted by Gasteiger charge is -2.37. The molecule has 0 bridgehead atoms. The van der Waals surface area contributed by atoms with Gasteiger partial charge in [0.15, 0.2) is 5.96 Å². The van der Waals surface area contributed by atoms with E-state index in [1.54, 1.807) is 11.3 Å². The number of piperazine rings is 1. The van der Waals surface area contributed by atoms with E-state index < -0.39 is 0 Å². The predicted octanol–water partition coefficient (Wildman–Crippen LogP) is 2.48. The van der Waals surface area contributed by atoms with Crippen LogP contribution in [-0.2, 0) is 0 Å². The molecule has 0 unspecified atom stereocenters. The van der Waals surface area contributed by atoms with Crippen LogP contribution in [0.2, 0.25) is 0 Å². The fourth-order valence-electron chi connectivity index (χ4n) is 2.24. The summed E-state index contributed by atoms with van der Waals surface area (Å²) in [4.78, 5) is 9.35. The van der Waals surface area contributed by atoms with Gasteiger partial charge in [-0.15, -0.1) is 47.7 Å². The van der Waals surface area contributed by atoms with Crippen molar-refractivity contribution in [2.24, 2.45) is 4.99 Å². The zero-order chi connectivity index (χ0) is 14.2. The second kappa shape index (κ2) is 9.90. The molecule has 0 spiro atoms. The van der Waals surface area contributed by atoms with Gasteiger partial charge in [0.1, 0.15) is 0 Å². The Labute approximate surface area is 148 Å². The number of nitrogens with zero attached hydrogens (tertiary/aromatic N) is 3. The van der Waals surface area contributed by atoms with E-state index in [1.165, 1.54) is 5.00 Å². The molecular formula is C15H23IN4S. The lowest BCUT2D eigenvalue weighted by molar-refractivity contribution is 0.373. The minimum atomic E-state index is 0. The number of guanidine groups is 1. The van der Waals surface area contributed by atoms with Gasteiger partial charge in [-0.1, -0.05) is 0 Å². The van der Waals surface area contributed by atoms with Crippen molar-refractivity contribution in [2.75, 3.05) is 44.2 Å². The lowest BCUT2D eigenvalue weighted by Crippen LogP contribution is -2.52. The molecule has 1 N–H and O–H groups in total. The number of rotatable bonds is 4. The average molecular weight is 418 g/mol. The Morgan fingerprint density at radius 2 is 2.19 bits per heavy atom. The second-order valence-electron chi connectivity index (χ2n) is 4.62. The zero-order valence-corrected chi connectivity index (χ0v) is 15.6. The van der Waals surface area contributed by atoms with Crippen LogP contribution in [0.4, 0.5) is 5.00 Å². The summed E-state index contributed by atoms with van der Waals surface area (Å²) in [5.74, 6) is 3.63. The first-order valence-corrected chi connectivity index (χ1v) is 7.98. The van der Waals surface area contributed by atoms with E-state index in [0.29, 0.717) is 13.0 Å². The number of thiophene rings is 1. The molecule has 0 amide bonds. The van der Waals surface area contributed by atoms with Gasteiger partial charge in [-0.3, -0.25) is 4.99 Å². The van der Waals surface area contributed by atoms with Crippen LogP contribution in [0.1, 0.15) is 13.3 Å². The summed E-state index contributed by atoms with van der Waals surface area (Å²) in [6.45, 7) is 7.77. The molecule has 0 saturated carbocycles. The van der Waals surface area contributed by atoms with Crippen molar-refractivity contribution >= 4 is 46.3 Å². The number of nitrogens with one attached hydrogen (secondary N) is 1. The Bertz CT molecular complexity index is 459. The molecule has 4 nitrogen and oxygen atoms in total. The number of hydrogen-bond donors (Lipinski definition) is 1. The molecule has 1 aromatic rings. The molecule has 1 aliphatic rings. The van der Waals surface area contributed by atoms with Gasteiger partial charge in [0.05, 0.1) is 11.5 Å². The van der Waals surface area contributed by atoms with Crippen LogP contribution < -0.4 is 10.2 Å². The summed E-state index contributed by atoms with van der Waals surface area (Å²) >= 11 is 1.81. The monoisotopic (exact) mass is 418 g/mol. The maximum atomic E-state index is 5.28. The van der Waals surface area contributed by atoms with Gasteiger partial charge < -0.3 is 15.1 Å². The van der Waals surface area contributed by atoms with Gasteiger partial charge in [0, 0.05) is 39.1 Å². The molecular weight excluding hydrogens is 395 g/mol. The minimum Gasteiger partial charge on any atom is -0.360 e. The third-order valence-corrected chi connectivity index (χ3v) is 4.18. The Hall–Kier alpha value is -0.940. The van der Waals surface area contributed by atoms with E-state index in [0.717, 1.165) is 38.7 Å². The minimum absolute atomic E-state index is 0. The highest BCUT2D eigenvalue weighted by Gasteiger charge is 2.19. The first kappa shape index (κ1) is 18.1. The number of terminal acetylenes is 1. The van der Waals surface area contributed by atoms with Crippen molar-refractivity contribution in [3.05, 3.63) is 17.5 Å². The van der Waals surface area contributed by atoms with Gasteiger partial charge in [0.2, 0.25) is 0 Å².